The van der Waals surface area contributed by atoms with Crippen molar-refractivity contribution in [3.05, 3.63) is 59.4 Å². The van der Waals surface area contributed by atoms with Crippen LogP contribution in [0.25, 0.3) is 0 Å². The van der Waals surface area contributed by atoms with Crippen LogP contribution in [-0.4, -0.2) is 35.0 Å². The molecule has 1 fully saturated rings. The molecular formula is C15H13ClN2O2. The van der Waals surface area contributed by atoms with E-state index in [1.54, 1.807) is 53.7 Å². The summed E-state index contributed by atoms with van der Waals surface area (Å²) in [6, 6.07) is 10.6. The highest BCUT2D eigenvalue weighted by Gasteiger charge is 2.32. The van der Waals surface area contributed by atoms with Crippen LogP contribution in [0.5, 0.6) is 5.75 Å². The zero-order valence-electron chi connectivity index (χ0n) is 10.7. The SMILES string of the molecule is O=C(c1cccc(Cl)c1)N1CC(Oc2ccncc2)C1. The minimum atomic E-state index is -0.0120. The summed E-state index contributed by atoms with van der Waals surface area (Å²) in [5.74, 6) is 0.766. The monoisotopic (exact) mass is 288 g/mol. The Bertz CT molecular complexity index is 612. The number of pyridine rings is 1. The fraction of sp³-hybridized carbons (Fsp3) is 0.200. The van der Waals surface area contributed by atoms with Crippen LogP contribution in [0.4, 0.5) is 0 Å². The summed E-state index contributed by atoms with van der Waals surface area (Å²) in [6.07, 6.45) is 3.41. The standard InChI is InChI=1S/C15H13ClN2O2/c16-12-3-1-2-11(8-12)15(19)18-9-14(10-18)20-13-4-6-17-7-5-13/h1-8,14H,9-10H2. The summed E-state index contributed by atoms with van der Waals surface area (Å²) in [5.41, 5.74) is 0.611. The van der Waals surface area contributed by atoms with Crippen LogP contribution in [0.2, 0.25) is 5.02 Å². The van der Waals surface area contributed by atoms with Gasteiger partial charge in [0.25, 0.3) is 5.91 Å². The molecule has 0 radical (unpaired) electrons. The molecule has 102 valence electrons. The van der Waals surface area contributed by atoms with Crippen LogP contribution in [0.1, 0.15) is 10.4 Å². The summed E-state index contributed by atoms with van der Waals surface area (Å²) in [7, 11) is 0. The van der Waals surface area contributed by atoms with Gasteiger partial charge in [-0.25, -0.2) is 0 Å². The number of halogens is 1. The molecule has 0 saturated carbocycles. The fourth-order valence-electron chi connectivity index (χ4n) is 2.09. The van der Waals surface area contributed by atoms with Crippen molar-refractivity contribution < 1.29 is 9.53 Å². The average molecular weight is 289 g/mol. The minimum absolute atomic E-state index is 0.0120. The van der Waals surface area contributed by atoms with Crippen LogP contribution >= 0.6 is 11.6 Å². The molecule has 20 heavy (non-hydrogen) atoms. The van der Waals surface area contributed by atoms with Gasteiger partial charge < -0.3 is 9.64 Å². The van der Waals surface area contributed by atoms with E-state index in [1.807, 2.05) is 0 Å². The lowest BCUT2D eigenvalue weighted by molar-refractivity contribution is 0.0177. The second kappa shape index (κ2) is 5.51. The molecule has 0 spiro atoms. The number of hydrogen-bond acceptors (Lipinski definition) is 3. The maximum Gasteiger partial charge on any atom is 0.254 e. The first-order chi connectivity index (χ1) is 9.72. The van der Waals surface area contributed by atoms with E-state index in [9.17, 15) is 4.79 Å². The highest BCUT2D eigenvalue weighted by atomic mass is 35.5. The zero-order valence-corrected chi connectivity index (χ0v) is 11.5. The average Bonchev–Trinajstić information content (AvgIpc) is 2.43. The molecule has 1 saturated heterocycles. The Hall–Kier alpha value is -2.07. The zero-order chi connectivity index (χ0) is 13.9. The fourth-order valence-corrected chi connectivity index (χ4v) is 2.28. The first-order valence-corrected chi connectivity index (χ1v) is 6.72. The van der Waals surface area contributed by atoms with Crippen molar-refractivity contribution in [1.82, 2.24) is 9.88 Å². The van der Waals surface area contributed by atoms with E-state index >= 15 is 0 Å². The third kappa shape index (κ3) is 2.75. The van der Waals surface area contributed by atoms with Gasteiger partial charge in [0.1, 0.15) is 11.9 Å². The van der Waals surface area contributed by atoms with Crippen molar-refractivity contribution in [1.29, 1.82) is 0 Å². The van der Waals surface area contributed by atoms with Gasteiger partial charge in [-0.15, -0.1) is 0 Å². The van der Waals surface area contributed by atoms with E-state index in [-0.39, 0.29) is 12.0 Å². The van der Waals surface area contributed by atoms with Gasteiger partial charge in [0.2, 0.25) is 0 Å². The number of amides is 1. The Morgan fingerprint density at radius 2 is 2.00 bits per heavy atom. The second-order valence-electron chi connectivity index (χ2n) is 4.64. The van der Waals surface area contributed by atoms with Gasteiger partial charge in [0.15, 0.2) is 0 Å². The summed E-state index contributed by atoms with van der Waals surface area (Å²) >= 11 is 5.89. The summed E-state index contributed by atoms with van der Waals surface area (Å²) in [6.45, 7) is 1.18. The van der Waals surface area contributed by atoms with E-state index in [1.165, 1.54) is 0 Å². The first-order valence-electron chi connectivity index (χ1n) is 6.34. The Morgan fingerprint density at radius 3 is 2.70 bits per heavy atom. The summed E-state index contributed by atoms with van der Waals surface area (Å²) in [4.78, 5) is 17.9. The smallest absolute Gasteiger partial charge is 0.254 e. The van der Waals surface area contributed by atoms with Crippen LogP contribution in [0, 0.1) is 0 Å². The van der Waals surface area contributed by atoms with E-state index in [0.29, 0.717) is 23.7 Å². The molecule has 0 aliphatic carbocycles. The normalized spacial score (nSPS) is 14.8. The Labute approximate surface area is 122 Å². The van der Waals surface area contributed by atoms with Gasteiger partial charge in [0, 0.05) is 23.0 Å². The molecule has 2 aromatic rings. The Kier molecular flexibility index (Phi) is 3.56. The van der Waals surface area contributed by atoms with Crippen LogP contribution in [-0.2, 0) is 0 Å². The number of rotatable bonds is 3. The molecule has 1 aromatic carbocycles. The maximum atomic E-state index is 12.2. The van der Waals surface area contributed by atoms with E-state index in [4.69, 9.17) is 16.3 Å². The van der Waals surface area contributed by atoms with E-state index < -0.39 is 0 Å². The van der Waals surface area contributed by atoms with Crippen molar-refractivity contribution in [2.45, 2.75) is 6.10 Å². The first kappa shape index (κ1) is 12.9. The third-order valence-electron chi connectivity index (χ3n) is 3.16. The largest absolute Gasteiger partial charge is 0.487 e. The van der Waals surface area contributed by atoms with Gasteiger partial charge in [-0.05, 0) is 30.3 Å². The molecule has 0 unspecified atom stereocenters. The molecule has 0 N–H and O–H groups in total. The number of carbonyl (C=O) groups is 1. The number of nitrogens with zero attached hydrogens (tertiary/aromatic N) is 2. The van der Waals surface area contributed by atoms with E-state index in [0.717, 1.165) is 5.75 Å². The number of carbonyl (C=O) groups excluding carboxylic acids is 1. The Morgan fingerprint density at radius 1 is 1.25 bits per heavy atom. The molecule has 3 rings (SSSR count). The number of likely N-dealkylation sites (tertiary alicyclic amines) is 1. The quantitative estimate of drug-likeness (QED) is 0.872. The lowest BCUT2D eigenvalue weighted by Crippen LogP contribution is -2.56. The lowest BCUT2D eigenvalue weighted by Gasteiger charge is -2.39. The highest BCUT2D eigenvalue weighted by molar-refractivity contribution is 6.30. The maximum absolute atomic E-state index is 12.2. The second-order valence-corrected chi connectivity index (χ2v) is 5.08. The van der Waals surface area contributed by atoms with Crippen LogP contribution < -0.4 is 4.74 Å². The van der Waals surface area contributed by atoms with E-state index in [2.05, 4.69) is 4.98 Å². The number of aromatic nitrogens is 1. The predicted octanol–water partition coefficient (Wildman–Crippen LogP) is 2.64. The van der Waals surface area contributed by atoms with Crippen molar-refractivity contribution in [2.24, 2.45) is 0 Å². The van der Waals surface area contributed by atoms with Gasteiger partial charge in [-0.3, -0.25) is 9.78 Å². The molecular weight excluding hydrogens is 276 g/mol. The highest BCUT2D eigenvalue weighted by Crippen LogP contribution is 2.20. The molecule has 0 atom stereocenters. The number of hydrogen-bond donors (Lipinski definition) is 0. The molecule has 1 aliphatic heterocycles. The van der Waals surface area contributed by atoms with Gasteiger partial charge in [-0.1, -0.05) is 17.7 Å². The van der Waals surface area contributed by atoms with Crippen LogP contribution in [0.3, 0.4) is 0 Å². The molecule has 4 nitrogen and oxygen atoms in total. The molecule has 1 aliphatic rings. The minimum Gasteiger partial charge on any atom is -0.487 e. The lowest BCUT2D eigenvalue weighted by atomic mass is 10.1. The van der Waals surface area contributed by atoms with Gasteiger partial charge in [-0.2, -0.15) is 0 Å². The number of benzene rings is 1. The van der Waals surface area contributed by atoms with Crippen molar-refractivity contribution in [3.8, 4) is 5.75 Å². The van der Waals surface area contributed by atoms with Crippen molar-refractivity contribution in [2.75, 3.05) is 13.1 Å². The van der Waals surface area contributed by atoms with Crippen molar-refractivity contribution in [3.63, 3.8) is 0 Å². The van der Waals surface area contributed by atoms with Crippen molar-refractivity contribution >= 4 is 17.5 Å². The van der Waals surface area contributed by atoms with Gasteiger partial charge in [0.05, 0.1) is 13.1 Å². The summed E-state index contributed by atoms with van der Waals surface area (Å²) in [5, 5.41) is 0.570. The third-order valence-corrected chi connectivity index (χ3v) is 3.39. The predicted molar refractivity (Wildman–Crippen MR) is 76.0 cm³/mol. The molecule has 0 bridgehead atoms. The van der Waals surface area contributed by atoms with Crippen LogP contribution in [0.15, 0.2) is 48.8 Å². The number of ether oxygens (including phenoxy) is 1. The summed E-state index contributed by atoms with van der Waals surface area (Å²) < 4.78 is 5.73. The topological polar surface area (TPSA) is 42.4 Å². The molecule has 5 heteroatoms. The molecule has 2 heterocycles. The Balaban J connectivity index is 1.56. The van der Waals surface area contributed by atoms with Gasteiger partial charge >= 0.3 is 0 Å². The molecule has 1 amide bonds. The molecule has 1 aromatic heterocycles.